The SMILES string of the molecule is Cc1cc(C)n(C2CCN(C(=O)COc3ccc(-n4cnnn4)cc3)C2)n1. The van der Waals surface area contributed by atoms with Gasteiger partial charge in [0, 0.05) is 18.8 Å². The van der Waals surface area contributed by atoms with E-state index in [1.165, 1.54) is 6.33 Å². The van der Waals surface area contributed by atoms with Gasteiger partial charge in [-0.1, -0.05) is 0 Å². The number of tetrazole rings is 1. The Morgan fingerprint density at radius 2 is 2.07 bits per heavy atom. The predicted octanol–water partition coefficient (Wildman–Crippen LogP) is 1.33. The lowest BCUT2D eigenvalue weighted by Gasteiger charge is -2.17. The quantitative estimate of drug-likeness (QED) is 0.676. The third-order valence-corrected chi connectivity index (χ3v) is 4.72. The van der Waals surface area contributed by atoms with Crippen LogP contribution in [0.2, 0.25) is 0 Å². The second-order valence-corrected chi connectivity index (χ2v) is 6.69. The molecule has 140 valence electrons. The van der Waals surface area contributed by atoms with Crippen molar-refractivity contribution in [2.24, 2.45) is 0 Å². The highest BCUT2D eigenvalue weighted by Gasteiger charge is 2.28. The summed E-state index contributed by atoms with van der Waals surface area (Å²) in [5.41, 5.74) is 2.96. The summed E-state index contributed by atoms with van der Waals surface area (Å²) in [5.74, 6) is 0.623. The van der Waals surface area contributed by atoms with Crippen molar-refractivity contribution in [2.45, 2.75) is 26.3 Å². The maximum absolute atomic E-state index is 12.5. The Labute approximate surface area is 156 Å². The van der Waals surface area contributed by atoms with Crippen molar-refractivity contribution < 1.29 is 9.53 Å². The maximum Gasteiger partial charge on any atom is 0.260 e. The molecule has 0 radical (unpaired) electrons. The molecule has 9 heteroatoms. The molecule has 1 aromatic carbocycles. The van der Waals surface area contributed by atoms with Gasteiger partial charge in [0.2, 0.25) is 0 Å². The van der Waals surface area contributed by atoms with Gasteiger partial charge in [0.05, 0.1) is 17.4 Å². The van der Waals surface area contributed by atoms with E-state index in [0.717, 1.165) is 30.0 Å². The average molecular weight is 367 g/mol. The summed E-state index contributed by atoms with van der Waals surface area (Å²) in [4.78, 5) is 14.3. The summed E-state index contributed by atoms with van der Waals surface area (Å²) >= 11 is 0. The van der Waals surface area contributed by atoms with Gasteiger partial charge >= 0.3 is 0 Å². The molecule has 0 spiro atoms. The van der Waals surface area contributed by atoms with Crippen LogP contribution < -0.4 is 4.74 Å². The molecule has 27 heavy (non-hydrogen) atoms. The Hall–Kier alpha value is -3.23. The molecule has 3 heterocycles. The van der Waals surface area contributed by atoms with Crippen molar-refractivity contribution in [3.8, 4) is 11.4 Å². The second kappa shape index (κ2) is 7.18. The van der Waals surface area contributed by atoms with Crippen molar-refractivity contribution >= 4 is 5.91 Å². The normalized spacial score (nSPS) is 16.7. The topological polar surface area (TPSA) is 91.0 Å². The van der Waals surface area contributed by atoms with Crippen LogP contribution in [-0.2, 0) is 4.79 Å². The number of carbonyl (C=O) groups excluding carboxylic acids is 1. The summed E-state index contributed by atoms with van der Waals surface area (Å²) in [7, 11) is 0. The molecule has 1 aliphatic heterocycles. The molecule has 1 fully saturated rings. The Morgan fingerprint density at radius 3 is 2.74 bits per heavy atom. The van der Waals surface area contributed by atoms with Gasteiger partial charge in [0.1, 0.15) is 12.1 Å². The van der Waals surface area contributed by atoms with E-state index < -0.39 is 0 Å². The zero-order chi connectivity index (χ0) is 18.8. The van der Waals surface area contributed by atoms with Crippen molar-refractivity contribution in [1.82, 2.24) is 34.9 Å². The van der Waals surface area contributed by atoms with Gasteiger partial charge in [-0.05, 0) is 61.0 Å². The Morgan fingerprint density at radius 1 is 1.26 bits per heavy atom. The van der Waals surface area contributed by atoms with Crippen LogP contribution in [-0.4, -0.2) is 60.5 Å². The van der Waals surface area contributed by atoms with E-state index in [2.05, 4.69) is 26.7 Å². The fraction of sp³-hybridized carbons (Fsp3) is 0.389. The van der Waals surface area contributed by atoms with Gasteiger partial charge in [-0.3, -0.25) is 9.48 Å². The summed E-state index contributed by atoms with van der Waals surface area (Å²) in [6.45, 7) is 5.45. The zero-order valence-corrected chi connectivity index (χ0v) is 15.3. The molecule has 3 aromatic rings. The fourth-order valence-electron chi connectivity index (χ4n) is 3.39. The number of aryl methyl sites for hydroxylation is 2. The maximum atomic E-state index is 12.5. The molecule has 9 nitrogen and oxygen atoms in total. The number of nitrogens with zero attached hydrogens (tertiary/aromatic N) is 7. The first-order valence-electron chi connectivity index (χ1n) is 8.87. The van der Waals surface area contributed by atoms with Gasteiger partial charge in [-0.2, -0.15) is 5.10 Å². The van der Waals surface area contributed by atoms with Crippen LogP contribution >= 0.6 is 0 Å². The summed E-state index contributed by atoms with van der Waals surface area (Å²) in [6.07, 6.45) is 2.43. The minimum absolute atomic E-state index is 0.0106. The van der Waals surface area contributed by atoms with Gasteiger partial charge in [0.15, 0.2) is 6.61 Å². The first-order valence-corrected chi connectivity index (χ1v) is 8.87. The van der Waals surface area contributed by atoms with Gasteiger partial charge in [0.25, 0.3) is 5.91 Å². The number of amides is 1. The summed E-state index contributed by atoms with van der Waals surface area (Å²) in [5, 5.41) is 15.6. The van der Waals surface area contributed by atoms with Gasteiger partial charge in [-0.15, -0.1) is 5.10 Å². The lowest BCUT2D eigenvalue weighted by molar-refractivity contribution is -0.132. The smallest absolute Gasteiger partial charge is 0.260 e. The van der Waals surface area contributed by atoms with E-state index in [-0.39, 0.29) is 18.6 Å². The highest BCUT2D eigenvalue weighted by molar-refractivity contribution is 5.78. The van der Waals surface area contributed by atoms with Gasteiger partial charge < -0.3 is 9.64 Å². The number of benzene rings is 1. The van der Waals surface area contributed by atoms with Crippen LogP contribution in [0.5, 0.6) is 5.75 Å². The molecule has 0 N–H and O–H groups in total. The highest BCUT2D eigenvalue weighted by Crippen LogP contribution is 2.23. The second-order valence-electron chi connectivity index (χ2n) is 6.69. The molecule has 4 rings (SSSR count). The highest BCUT2D eigenvalue weighted by atomic mass is 16.5. The van der Waals surface area contributed by atoms with Crippen LogP contribution in [0.4, 0.5) is 0 Å². The molecular formula is C18H21N7O2. The predicted molar refractivity (Wildman–Crippen MR) is 96.6 cm³/mol. The van der Waals surface area contributed by atoms with Crippen LogP contribution in [0.1, 0.15) is 23.9 Å². The number of likely N-dealkylation sites (tertiary alicyclic amines) is 1. The Bertz CT molecular complexity index is 918. The van der Waals surface area contributed by atoms with E-state index >= 15 is 0 Å². The molecule has 1 aliphatic rings. The first kappa shape index (κ1) is 17.2. The van der Waals surface area contributed by atoms with Gasteiger partial charge in [-0.25, -0.2) is 4.68 Å². The Kier molecular flexibility index (Phi) is 4.57. The van der Waals surface area contributed by atoms with E-state index in [1.807, 2.05) is 35.6 Å². The van der Waals surface area contributed by atoms with Crippen molar-refractivity contribution in [1.29, 1.82) is 0 Å². The number of ether oxygens (including phenoxy) is 1. The summed E-state index contributed by atoms with van der Waals surface area (Å²) < 4.78 is 9.23. The van der Waals surface area contributed by atoms with Crippen molar-refractivity contribution in [2.75, 3.05) is 19.7 Å². The Balaban J connectivity index is 1.31. The number of aromatic nitrogens is 6. The number of hydrogen-bond donors (Lipinski definition) is 0. The van der Waals surface area contributed by atoms with Crippen molar-refractivity contribution in [3.05, 3.63) is 48.0 Å². The summed E-state index contributed by atoms with van der Waals surface area (Å²) in [6, 6.07) is 9.57. The minimum atomic E-state index is -0.0106. The minimum Gasteiger partial charge on any atom is -0.484 e. The van der Waals surface area contributed by atoms with Crippen molar-refractivity contribution in [3.63, 3.8) is 0 Å². The molecule has 0 aliphatic carbocycles. The average Bonchev–Trinajstić information content (AvgIpc) is 3.41. The fourth-order valence-corrected chi connectivity index (χ4v) is 3.39. The molecule has 0 saturated carbocycles. The largest absolute Gasteiger partial charge is 0.484 e. The van der Waals surface area contributed by atoms with E-state index in [4.69, 9.17) is 4.74 Å². The third kappa shape index (κ3) is 3.67. The molecule has 1 saturated heterocycles. The molecule has 1 unspecified atom stereocenters. The zero-order valence-electron chi connectivity index (χ0n) is 15.3. The molecule has 1 atom stereocenters. The molecule has 1 amide bonds. The van der Waals surface area contributed by atoms with E-state index in [9.17, 15) is 4.79 Å². The lowest BCUT2D eigenvalue weighted by Crippen LogP contribution is -2.33. The number of carbonyl (C=O) groups is 1. The standard InChI is InChI=1S/C18H21N7O2/c1-13-9-14(2)25(20-13)16-7-8-23(10-16)18(26)11-27-17-5-3-15(4-6-17)24-12-19-21-22-24/h3-6,9,12,16H,7-8,10-11H2,1-2H3. The molecular weight excluding hydrogens is 346 g/mol. The van der Waals surface area contributed by atoms with E-state index in [0.29, 0.717) is 12.3 Å². The van der Waals surface area contributed by atoms with Crippen LogP contribution in [0.25, 0.3) is 5.69 Å². The monoisotopic (exact) mass is 367 g/mol. The van der Waals surface area contributed by atoms with E-state index in [1.54, 1.807) is 16.8 Å². The first-order chi connectivity index (χ1) is 13.1. The number of hydrogen-bond acceptors (Lipinski definition) is 6. The number of rotatable bonds is 5. The lowest BCUT2D eigenvalue weighted by atomic mass is 10.2. The molecule has 0 bridgehead atoms. The van der Waals surface area contributed by atoms with Crippen LogP contribution in [0.15, 0.2) is 36.7 Å². The van der Waals surface area contributed by atoms with Crippen LogP contribution in [0.3, 0.4) is 0 Å². The third-order valence-electron chi connectivity index (χ3n) is 4.72. The van der Waals surface area contributed by atoms with Crippen LogP contribution in [0, 0.1) is 13.8 Å². The molecule has 2 aromatic heterocycles.